The zero-order chi connectivity index (χ0) is 16.1. The normalized spacial score (nSPS) is 12.0. The van der Waals surface area contributed by atoms with E-state index in [0.29, 0.717) is 5.13 Å². The molecule has 0 saturated carbocycles. The molecule has 22 heavy (non-hydrogen) atoms. The van der Waals surface area contributed by atoms with Crippen molar-refractivity contribution in [3.05, 3.63) is 35.7 Å². The number of amides is 2. The maximum atomic E-state index is 12.3. The summed E-state index contributed by atoms with van der Waals surface area (Å²) in [6.45, 7) is 5.18. The van der Waals surface area contributed by atoms with Gasteiger partial charge in [0.05, 0.1) is 5.69 Å². The lowest BCUT2D eigenvalue weighted by Crippen LogP contribution is -2.46. The third kappa shape index (κ3) is 4.14. The van der Waals surface area contributed by atoms with E-state index >= 15 is 0 Å². The Hall–Kier alpha value is -2.21. The van der Waals surface area contributed by atoms with Crippen molar-refractivity contribution in [2.45, 2.75) is 26.8 Å². The average molecular weight is 317 g/mol. The Labute approximate surface area is 133 Å². The molecule has 2 amide bonds. The van der Waals surface area contributed by atoms with Gasteiger partial charge in [0.15, 0.2) is 5.13 Å². The molecule has 1 aromatic heterocycles. The van der Waals surface area contributed by atoms with Crippen molar-refractivity contribution >= 4 is 28.3 Å². The third-order valence-corrected chi connectivity index (χ3v) is 3.87. The highest BCUT2D eigenvalue weighted by Crippen LogP contribution is 2.24. The summed E-state index contributed by atoms with van der Waals surface area (Å²) in [6.07, 6.45) is 0. The second-order valence-electron chi connectivity index (χ2n) is 5.32. The summed E-state index contributed by atoms with van der Waals surface area (Å²) < 4.78 is 0. The summed E-state index contributed by atoms with van der Waals surface area (Å²) in [4.78, 5) is 27.9. The molecule has 2 rings (SSSR count). The average Bonchev–Trinajstić information content (AvgIpc) is 2.93. The van der Waals surface area contributed by atoms with Crippen LogP contribution in [0.25, 0.3) is 11.3 Å². The van der Waals surface area contributed by atoms with E-state index in [0.717, 1.165) is 11.3 Å². The molecule has 0 aliphatic heterocycles. The van der Waals surface area contributed by atoms with E-state index < -0.39 is 6.04 Å². The van der Waals surface area contributed by atoms with Crippen LogP contribution in [0.15, 0.2) is 35.7 Å². The highest BCUT2D eigenvalue weighted by atomic mass is 32.1. The molecule has 2 N–H and O–H groups in total. The van der Waals surface area contributed by atoms with Crippen LogP contribution in [0.1, 0.15) is 20.8 Å². The number of nitrogens with zero attached hydrogens (tertiary/aromatic N) is 1. The SMILES string of the molecule is CC(=O)NC(C(=O)Nc1nc(-c2ccccc2)cs1)C(C)C. The number of aromatic nitrogens is 1. The number of anilines is 1. The van der Waals surface area contributed by atoms with E-state index in [1.54, 1.807) is 0 Å². The van der Waals surface area contributed by atoms with Gasteiger partial charge in [0.1, 0.15) is 6.04 Å². The number of thiazole rings is 1. The van der Waals surface area contributed by atoms with Crippen LogP contribution in [0.5, 0.6) is 0 Å². The lowest BCUT2D eigenvalue weighted by molar-refractivity contribution is -0.126. The number of nitrogens with one attached hydrogen (secondary N) is 2. The Bertz CT molecular complexity index is 652. The largest absolute Gasteiger partial charge is 0.344 e. The molecule has 6 heteroatoms. The van der Waals surface area contributed by atoms with Gasteiger partial charge in [-0.2, -0.15) is 0 Å². The van der Waals surface area contributed by atoms with E-state index in [4.69, 9.17) is 0 Å². The Morgan fingerprint density at radius 3 is 2.45 bits per heavy atom. The fourth-order valence-electron chi connectivity index (χ4n) is 2.01. The van der Waals surface area contributed by atoms with Crippen molar-refractivity contribution in [2.24, 2.45) is 5.92 Å². The molecule has 0 saturated heterocycles. The molecule has 5 nitrogen and oxygen atoms in total. The first-order chi connectivity index (χ1) is 10.5. The van der Waals surface area contributed by atoms with Crippen molar-refractivity contribution in [3.63, 3.8) is 0 Å². The van der Waals surface area contributed by atoms with E-state index in [9.17, 15) is 9.59 Å². The molecule has 0 fully saturated rings. The molecule has 1 atom stereocenters. The summed E-state index contributed by atoms with van der Waals surface area (Å²) in [7, 11) is 0. The van der Waals surface area contributed by atoms with Gasteiger partial charge >= 0.3 is 0 Å². The van der Waals surface area contributed by atoms with E-state index in [-0.39, 0.29) is 17.7 Å². The van der Waals surface area contributed by atoms with Gasteiger partial charge in [0.25, 0.3) is 0 Å². The van der Waals surface area contributed by atoms with Crippen LogP contribution in [-0.2, 0) is 9.59 Å². The number of carbonyl (C=O) groups excluding carboxylic acids is 2. The van der Waals surface area contributed by atoms with Crippen molar-refractivity contribution in [1.82, 2.24) is 10.3 Å². The van der Waals surface area contributed by atoms with E-state index in [1.807, 2.05) is 49.6 Å². The van der Waals surface area contributed by atoms with Gasteiger partial charge in [-0.05, 0) is 5.92 Å². The van der Waals surface area contributed by atoms with Crippen LogP contribution in [0.2, 0.25) is 0 Å². The minimum absolute atomic E-state index is 0.00236. The van der Waals surface area contributed by atoms with E-state index in [2.05, 4.69) is 15.6 Å². The summed E-state index contributed by atoms with van der Waals surface area (Å²) in [6, 6.07) is 9.20. The second kappa shape index (κ2) is 7.17. The number of hydrogen-bond donors (Lipinski definition) is 2. The first-order valence-electron chi connectivity index (χ1n) is 7.06. The molecule has 0 aliphatic carbocycles. The Morgan fingerprint density at radius 1 is 1.18 bits per heavy atom. The highest BCUT2D eigenvalue weighted by molar-refractivity contribution is 7.14. The predicted molar refractivity (Wildman–Crippen MR) is 88.6 cm³/mol. The van der Waals surface area contributed by atoms with Gasteiger partial charge in [-0.3, -0.25) is 9.59 Å². The minimum Gasteiger partial charge on any atom is -0.344 e. The van der Waals surface area contributed by atoms with Gasteiger partial charge in [-0.25, -0.2) is 4.98 Å². The summed E-state index contributed by atoms with van der Waals surface area (Å²) in [5, 5.41) is 7.86. The van der Waals surface area contributed by atoms with Gasteiger partial charge in [0.2, 0.25) is 11.8 Å². The summed E-state index contributed by atoms with van der Waals surface area (Å²) in [5.41, 5.74) is 1.82. The first kappa shape index (κ1) is 16.2. The summed E-state index contributed by atoms with van der Waals surface area (Å²) in [5.74, 6) is -0.477. The molecule has 2 aromatic rings. The Balaban J connectivity index is 2.09. The molecule has 1 unspecified atom stereocenters. The molecular weight excluding hydrogens is 298 g/mol. The number of rotatable bonds is 5. The summed E-state index contributed by atoms with van der Waals surface area (Å²) >= 11 is 1.36. The van der Waals surface area contributed by atoms with Crippen LogP contribution in [0.3, 0.4) is 0 Å². The fourth-order valence-corrected chi connectivity index (χ4v) is 2.73. The van der Waals surface area contributed by atoms with Gasteiger partial charge < -0.3 is 10.6 Å². The number of hydrogen-bond acceptors (Lipinski definition) is 4. The molecule has 116 valence electrons. The molecule has 1 aromatic carbocycles. The molecule has 0 aliphatic rings. The molecular formula is C16H19N3O2S. The Kier molecular flexibility index (Phi) is 5.27. The second-order valence-corrected chi connectivity index (χ2v) is 6.17. The zero-order valence-corrected chi connectivity index (χ0v) is 13.6. The van der Waals surface area contributed by atoms with Crippen LogP contribution >= 0.6 is 11.3 Å². The van der Waals surface area contributed by atoms with Crippen molar-refractivity contribution in [2.75, 3.05) is 5.32 Å². The topological polar surface area (TPSA) is 71.1 Å². The molecule has 0 bridgehead atoms. The van der Waals surface area contributed by atoms with Crippen LogP contribution < -0.4 is 10.6 Å². The van der Waals surface area contributed by atoms with E-state index in [1.165, 1.54) is 18.3 Å². The minimum atomic E-state index is -0.568. The van der Waals surface area contributed by atoms with Gasteiger partial charge in [-0.1, -0.05) is 44.2 Å². The molecule has 0 spiro atoms. The van der Waals surface area contributed by atoms with Crippen molar-refractivity contribution in [3.8, 4) is 11.3 Å². The molecule has 1 heterocycles. The van der Waals surface area contributed by atoms with Crippen molar-refractivity contribution < 1.29 is 9.59 Å². The Morgan fingerprint density at radius 2 is 1.86 bits per heavy atom. The highest BCUT2D eigenvalue weighted by Gasteiger charge is 2.23. The quantitative estimate of drug-likeness (QED) is 0.890. The predicted octanol–water partition coefficient (Wildman–Crippen LogP) is 2.91. The van der Waals surface area contributed by atoms with Crippen LogP contribution in [0, 0.1) is 5.92 Å². The van der Waals surface area contributed by atoms with Gasteiger partial charge in [0, 0.05) is 17.9 Å². The zero-order valence-electron chi connectivity index (χ0n) is 12.8. The first-order valence-corrected chi connectivity index (χ1v) is 7.94. The smallest absolute Gasteiger partial charge is 0.248 e. The maximum absolute atomic E-state index is 12.3. The van der Waals surface area contributed by atoms with Crippen LogP contribution in [-0.4, -0.2) is 22.8 Å². The number of benzene rings is 1. The standard InChI is InChI=1S/C16H19N3O2S/c1-10(2)14(17-11(3)20)15(21)19-16-18-13(9-22-16)12-7-5-4-6-8-12/h4-10,14H,1-3H3,(H,17,20)(H,18,19,21). The fraction of sp³-hybridized carbons (Fsp3) is 0.312. The van der Waals surface area contributed by atoms with Gasteiger partial charge in [-0.15, -0.1) is 11.3 Å². The number of carbonyl (C=O) groups is 2. The molecule has 0 radical (unpaired) electrons. The van der Waals surface area contributed by atoms with Crippen molar-refractivity contribution in [1.29, 1.82) is 0 Å². The van der Waals surface area contributed by atoms with Crippen LogP contribution in [0.4, 0.5) is 5.13 Å². The monoisotopic (exact) mass is 317 g/mol. The lowest BCUT2D eigenvalue weighted by Gasteiger charge is -2.20. The lowest BCUT2D eigenvalue weighted by atomic mass is 10.0. The third-order valence-electron chi connectivity index (χ3n) is 3.11. The maximum Gasteiger partial charge on any atom is 0.248 e.